The third-order valence-electron chi connectivity index (χ3n) is 1.99. The highest BCUT2D eigenvalue weighted by Crippen LogP contribution is 2.23. The molecule has 0 fully saturated rings. The molecule has 2 heterocycles. The quantitative estimate of drug-likeness (QED) is 0.882. The van der Waals surface area contributed by atoms with Gasteiger partial charge in [-0.25, -0.2) is 10.1 Å². The number of halogens is 1. The van der Waals surface area contributed by atoms with Crippen LogP contribution in [0.4, 0.5) is 5.69 Å². The van der Waals surface area contributed by atoms with Gasteiger partial charge in [0.05, 0.1) is 17.9 Å². The van der Waals surface area contributed by atoms with Gasteiger partial charge >= 0.3 is 0 Å². The van der Waals surface area contributed by atoms with Crippen molar-refractivity contribution >= 4 is 28.6 Å². The molecule has 2 aromatic heterocycles. The van der Waals surface area contributed by atoms with Crippen LogP contribution in [0.1, 0.15) is 18.0 Å². The zero-order valence-electron chi connectivity index (χ0n) is 8.40. The molecule has 16 heavy (non-hydrogen) atoms. The summed E-state index contributed by atoms with van der Waals surface area (Å²) in [6.45, 7) is 1.94. The highest BCUT2D eigenvalue weighted by Gasteiger charge is 2.11. The molecule has 1 atom stereocenters. The van der Waals surface area contributed by atoms with Gasteiger partial charge in [0, 0.05) is 11.6 Å². The lowest BCUT2D eigenvalue weighted by atomic mass is 10.3. The Morgan fingerprint density at radius 1 is 1.62 bits per heavy atom. The summed E-state index contributed by atoms with van der Waals surface area (Å²) in [6.07, 6.45) is 3.21. The third kappa shape index (κ3) is 2.23. The highest BCUT2D eigenvalue weighted by atomic mass is 35.5. The number of rotatable bonds is 3. The number of nitrogens with one attached hydrogen (secondary N) is 2. The molecule has 0 saturated carbocycles. The van der Waals surface area contributed by atoms with E-state index in [9.17, 15) is 4.79 Å². The molecule has 7 heteroatoms. The van der Waals surface area contributed by atoms with Crippen LogP contribution in [0, 0.1) is 0 Å². The normalized spacial score (nSPS) is 12.4. The van der Waals surface area contributed by atoms with E-state index in [1.165, 1.54) is 17.5 Å². The molecule has 0 aliphatic rings. The summed E-state index contributed by atoms with van der Waals surface area (Å²) in [5, 5.41) is 12.0. The van der Waals surface area contributed by atoms with E-state index in [0.29, 0.717) is 5.69 Å². The van der Waals surface area contributed by atoms with Gasteiger partial charge in [-0.1, -0.05) is 11.6 Å². The molecule has 84 valence electrons. The van der Waals surface area contributed by atoms with Crippen LogP contribution in [0.3, 0.4) is 0 Å². The number of nitrogens with zero attached hydrogens (tertiary/aromatic N) is 2. The Bertz CT molecular complexity index is 525. The first-order valence-corrected chi connectivity index (χ1v) is 5.83. The molecule has 0 aromatic carbocycles. The second-order valence-electron chi connectivity index (χ2n) is 3.16. The first-order valence-electron chi connectivity index (χ1n) is 4.57. The van der Waals surface area contributed by atoms with Crippen molar-refractivity contribution in [3.8, 4) is 0 Å². The molecule has 2 aromatic rings. The van der Waals surface area contributed by atoms with Crippen molar-refractivity contribution in [3.05, 3.63) is 38.2 Å². The van der Waals surface area contributed by atoms with Gasteiger partial charge in [-0.15, -0.1) is 11.3 Å². The van der Waals surface area contributed by atoms with Gasteiger partial charge in [0.15, 0.2) is 0 Å². The number of anilines is 1. The number of thiazole rings is 1. The highest BCUT2D eigenvalue weighted by molar-refractivity contribution is 7.09. The van der Waals surface area contributed by atoms with Gasteiger partial charge in [-0.2, -0.15) is 5.10 Å². The van der Waals surface area contributed by atoms with Crippen LogP contribution in [0.5, 0.6) is 0 Å². The molecule has 5 nitrogen and oxygen atoms in total. The lowest BCUT2D eigenvalue weighted by Gasteiger charge is -2.12. The Kier molecular flexibility index (Phi) is 3.21. The Morgan fingerprint density at radius 3 is 3.12 bits per heavy atom. The Hall–Kier alpha value is -1.40. The fraction of sp³-hybridized carbons (Fsp3) is 0.222. The smallest absolute Gasteiger partial charge is 0.285 e. The Balaban J connectivity index is 2.21. The van der Waals surface area contributed by atoms with Crippen molar-refractivity contribution in [1.29, 1.82) is 0 Å². The number of hydrogen-bond donors (Lipinski definition) is 2. The summed E-state index contributed by atoms with van der Waals surface area (Å²) >= 11 is 7.37. The molecular weight excluding hydrogens is 248 g/mol. The van der Waals surface area contributed by atoms with E-state index in [2.05, 4.69) is 20.5 Å². The van der Waals surface area contributed by atoms with Crippen LogP contribution < -0.4 is 10.9 Å². The first kappa shape index (κ1) is 11.1. The summed E-state index contributed by atoms with van der Waals surface area (Å²) in [5.41, 5.74) is 0.103. The molecule has 0 amide bonds. The zero-order chi connectivity index (χ0) is 11.5. The lowest BCUT2D eigenvalue weighted by molar-refractivity contribution is 0.861. The van der Waals surface area contributed by atoms with Crippen LogP contribution in [0.25, 0.3) is 0 Å². The van der Waals surface area contributed by atoms with E-state index in [4.69, 9.17) is 11.6 Å². The van der Waals surface area contributed by atoms with Crippen LogP contribution >= 0.6 is 22.9 Å². The topological polar surface area (TPSA) is 70.7 Å². The fourth-order valence-corrected chi connectivity index (χ4v) is 2.02. The van der Waals surface area contributed by atoms with E-state index in [0.717, 1.165) is 5.01 Å². The average molecular weight is 257 g/mol. The second-order valence-corrected chi connectivity index (χ2v) is 4.47. The summed E-state index contributed by atoms with van der Waals surface area (Å²) < 4.78 is 0. The van der Waals surface area contributed by atoms with Crippen molar-refractivity contribution in [2.45, 2.75) is 13.0 Å². The number of aromatic amines is 1. The van der Waals surface area contributed by atoms with Gasteiger partial charge in [0.2, 0.25) is 0 Å². The Morgan fingerprint density at radius 2 is 2.44 bits per heavy atom. The fourth-order valence-electron chi connectivity index (χ4n) is 1.23. The standard InChI is InChI=1S/C9H9ClN4OS/c1-5(9-11-2-3-16-9)13-6-4-12-14-8(15)7(6)10/h2-5H,1H3,(H2,13,14,15). The van der Waals surface area contributed by atoms with Crippen LogP contribution in [-0.2, 0) is 0 Å². The van der Waals surface area contributed by atoms with E-state index in [1.54, 1.807) is 6.20 Å². The second kappa shape index (κ2) is 4.63. The zero-order valence-corrected chi connectivity index (χ0v) is 9.97. The van der Waals surface area contributed by atoms with Crippen LogP contribution in [0.2, 0.25) is 5.02 Å². The molecule has 2 N–H and O–H groups in total. The maximum absolute atomic E-state index is 11.2. The van der Waals surface area contributed by atoms with Gasteiger partial charge in [0.25, 0.3) is 5.56 Å². The molecule has 0 spiro atoms. The predicted molar refractivity (Wildman–Crippen MR) is 64.0 cm³/mol. The molecule has 0 aliphatic heterocycles. The van der Waals surface area contributed by atoms with Gasteiger partial charge in [0.1, 0.15) is 10.0 Å². The summed E-state index contributed by atoms with van der Waals surface area (Å²) in [7, 11) is 0. The molecule has 0 radical (unpaired) electrons. The van der Waals surface area contributed by atoms with E-state index >= 15 is 0 Å². The van der Waals surface area contributed by atoms with E-state index in [-0.39, 0.29) is 11.1 Å². The Labute approximate surface area is 101 Å². The van der Waals surface area contributed by atoms with Gasteiger partial charge < -0.3 is 5.32 Å². The summed E-state index contributed by atoms with van der Waals surface area (Å²) in [5.74, 6) is 0. The molecular formula is C9H9ClN4OS. The average Bonchev–Trinajstić information content (AvgIpc) is 2.78. The number of aromatic nitrogens is 3. The lowest BCUT2D eigenvalue weighted by Crippen LogP contribution is -2.14. The predicted octanol–water partition coefficient (Wildman–Crippen LogP) is 2.05. The van der Waals surface area contributed by atoms with Crippen LogP contribution in [0.15, 0.2) is 22.6 Å². The molecule has 1 unspecified atom stereocenters. The minimum absolute atomic E-state index is 0.0129. The first-order chi connectivity index (χ1) is 7.68. The van der Waals surface area contributed by atoms with Crippen molar-refractivity contribution < 1.29 is 0 Å². The third-order valence-corrected chi connectivity index (χ3v) is 3.32. The summed E-state index contributed by atoms with van der Waals surface area (Å²) in [6, 6.07) is -0.0129. The minimum atomic E-state index is -0.405. The molecule has 0 saturated heterocycles. The van der Waals surface area contributed by atoms with Crippen LogP contribution in [-0.4, -0.2) is 15.2 Å². The van der Waals surface area contributed by atoms with Crippen molar-refractivity contribution in [2.24, 2.45) is 0 Å². The van der Waals surface area contributed by atoms with E-state index < -0.39 is 5.56 Å². The number of hydrogen-bond acceptors (Lipinski definition) is 5. The van der Waals surface area contributed by atoms with Crippen molar-refractivity contribution in [3.63, 3.8) is 0 Å². The van der Waals surface area contributed by atoms with Gasteiger partial charge in [-0.3, -0.25) is 4.79 Å². The molecule has 2 rings (SSSR count). The van der Waals surface area contributed by atoms with Crippen molar-refractivity contribution in [1.82, 2.24) is 15.2 Å². The maximum atomic E-state index is 11.2. The van der Waals surface area contributed by atoms with Crippen molar-refractivity contribution in [2.75, 3.05) is 5.32 Å². The minimum Gasteiger partial charge on any atom is -0.373 e. The van der Waals surface area contributed by atoms with Gasteiger partial charge in [-0.05, 0) is 6.92 Å². The molecule has 0 aliphatic carbocycles. The number of H-pyrrole nitrogens is 1. The largest absolute Gasteiger partial charge is 0.373 e. The maximum Gasteiger partial charge on any atom is 0.285 e. The monoisotopic (exact) mass is 256 g/mol. The SMILES string of the molecule is CC(Nc1cn[nH]c(=O)c1Cl)c1nccs1. The molecule has 0 bridgehead atoms. The van der Waals surface area contributed by atoms with E-state index in [1.807, 2.05) is 12.3 Å². The summed E-state index contributed by atoms with van der Waals surface area (Å²) in [4.78, 5) is 15.4.